The van der Waals surface area contributed by atoms with Crippen molar-refractivity contribution >= 4 is 22.9 Å². The summed E-state index contributed by atoms with van der Waals surface area (Å²) in [5.41, 5.74) is 5.24. The number of carbonyl (C=O) groups excluding carboxylic acids is 2. The minimum Gasteiger partial charge on any atom is -0.454 e. The quantitative estimate of drug-likeness (QED) is 0.262. The highest BCUT2D eigenvalue weighted by atomic mass is 16.5. The molecular weight excluding hydrogens is 406 g/mol. The van der Waals surface area contributed by atoms with Crippen molar-refractivity contribution in [3.63, 3.8) is 0 Å². The summed E-state index contributed by atoms with van der Waals surface area (Å²) in [4.78, 5) is 27.8. The van der Waals surface area contributed by atoms with Crippen molar-refractivity contribution in [2.75, 3.05) is 0 Å². The number of H-pyrrole nitrogens is 1. The largest absolute Gasteiger partial charge is 0.454 e. The molecule has 164 valence electrons. The zero-order chi connectivity index (χ0) is 22.9. The van der Waals surface area contributed by atoms with E-state index in [1.807, 2.05) is 57.2 Å². The Morgan fingerprint density at radius 3 is 2.25 bits per heavy atom. The fourth-order valence-electron chi connectivity index (χ4n) is 3.69. The lowest BCUT2D eigenvalue weighted by Crippen LogP contribution is -2.36. The summed E-state index contributed by atoms with van der Waals surface area (Å²) in [7, 11) is 0. The first-order valence-corrected chi connectivity index (χ1v) is 10.3. The molecule has 0 aliphatic rings. The van der Waals surface area contributed by atoms with Crippen LogP contribution >= 0.6 is 0 Å². The lowest BCUT2D eigenvalue weighted by Gasteiger charge is -2.32. The van der Waals surface area contributed by atoms with Gasteiger partial charge in [0.15, 0.2) is 5.58 Å². The number of benzene rings is 2. The lowest BCUT2D eigenvalue weighted by atomic mass is 9.82. The van der Waals surface area contributed by atoms with Crippen molar-refractivity contribution in [1.29, 1.82) is 0 Å². The second-order valence-electron chi connectivity index (χ2n) is 8.77. The summed E-state index contributed by atoms with van der Waals surface area (Å²) in [6, 6.07) is 19.8. The number of aromatic nitrogens is 1. The van der Waals surface area contributed by atoms with Gasteiger partial charge in [-0.05, 0) is 23.1 Å². The zero-order valence-electron chi connectivity index (χ0n) is 18.1. The van der Waals surface area contributed by atoms with Crippen LogP contribution in [0, 0.1) is 5.41 Å². The fourth-order valence-corrected chi connectivity index (χ4v) is 3.69. The average Bonchev–Trinajstić information content (AvgIpc) is 3.36. The predicted molar refractivity (Wildman–Crippen MR) is 121 cm³/mol. The highest BCUT2D eigenvalue weighted by molar-refractivity contribution is 5.98. The van der Waals surface area contributed by atoms with Crippen molar-refractivity contribution in [2.24, 2.45) is 5.41 Å². The maximum atomic E-state index is 13.0. The first kappa shape index (κ1) is 21.4. The Labute approximate surface area is 185 Å². The van der Waals surface area contributed by atoms with Crippen LogP contribution in [-0.4, -0.2) is 22.0 Å². The van der Waals surface area contributed by atoms with Gasteiger partial charge in [-0.2, -0.15) is 0 Å². The van der Waals surface area contributed by atoms with Crippen LogP contribution in [0.4, 0.5) is 0 Å². The van der Waals surface area contributed by atoms with Gasteiger partial charge in [0.2, 0.25) is 0 Å². The molecule has 0 saturated carbocycles. The molecule has 0 aliphatic carbocycles. The standard InChI is InChI=1S/C25H25N3O4/c1-25(2,3)22(16-9-11-17(12-10-16)23(29)28-31)27-24(30)19-14-21-18(26-19)13-20(32-21)15-7-5-4-6-8-15/h4-14,22,26,31H,1-3H3,(H,27,30)(H,28,29). The van der Waals surface area contributed by atoms with Gasteiger partial charge < -0.3 is 14.7 Å². The monoisotopic (exact) mass is 431 g/mol. The molecule has 0 saturated heterocycles. The summed E-state index contributed by atoms with van der Waals surface area (Å²) in [6.45, 7) is 6.08. The van der Waals surface area contributed by atoms with E-state index in [-0.39, 0.29) is 17.4 Å². The maximum Gasteiger partial charge on any atom is 0.274 e. The van der Waals surface area contributed by atoms with Gasteiger partial charge in [-0.3, -0.25) is 14.8 Å². The SMILES string of the molecule is CC(C)(C)C(NC(=O)c1cc2oc(-c3ccccc3)cc2[nH]1)c1ccc(C(=O)NO)cc1. The van der Waals surface area contributed by atoms with Crippen LogP contribution in [0.3, 0.4) is 0 Å². The fraction of sp³-hybridized carbons (Fsp3) is 0.200. The van der Waals surface area contributed by atoms with Crippen LogP contribution in [0.5, 0.6) is 0 Å². The molecule has 32 heavy (non-hydrogen) atoms. The van der Waals surface area contributed by atoms with Gasteiger partial charge in [-0.25, -0.2) is 5.48 Å². The van der Waals surface area contributed by atoms with E-state index in [4.69, 9.17) is 9.62 Å². The van der Waals surface area contributed by atoms with E-state index in [0.29, 0.717) is 16.8 Å². The van der Waals surface area contributed by atoms with E-state index in [2.05, 4.69) is 10.3 Å². The number of aromatic amines is 1. The van der Waals surface area contributed by atoms with Crippen molar-refractivity contribution < 1.29 is 19.2 Å². The molecule has 0 aliphatic heterocycles. The Morgan fingerprint density at radius 2 is 1.66 bits per heavy atom. The number of hydroxylamine groups is 1. The van der Waals surface area contributed by atoms with Crippen LogP contribution in [0.2, 0.25) is 0 Å². The number of amides is 2. The van der Waals surface area contributed by atoms with E-state index in [0.717, 1.165) is 22.4 Å². The Bertz CT molecular complexity index is 1220. The summed E-state index contributed by atoms with van der Waals surface area (Å²) in [6.07, 6.45) is 0. The van der Waals surface area contributed by atoms with E-state index < -0.39 is 5.91 Å². The number of nitrogens with one attached hydrogen (secondary N) is 3. The number of hydrogen-bond donors (Lipinski definition) is 4. The van der Waals surface area contributed by atoms with Gasteiger partial charge in [-0.1, -0.05) is 63.2 Å². The third kappa shape index (κ3) is 4.29. The topological polar surface area (TPSA) is 107 Å². The summed E-state index contributed by atoms with van der Waals surface area (Å²) >= 11 is 0. The minimum atomic E-state index is -0.586. The first-order chi connectivity index (χ1) is 15.3. The van der Waals surface area contributed by atoms with Crippen molar-refractivity contribution in [2.45, 2.75) is 26.8 Å². The number of hydrogen-bond acceptors (Lipinski definition) is 4. The van der Waals surface area contributed by atoms with E-state index >= 15 is 0 Å². The molecule has 0 radical (unpaired) electrons. The van der Waals surface area contributed by atoms with E-state index in [9.17, 15) is 9.59 Å². The summed E-state index contributed by atoms with van der Waals surface area (Å²) < 4.78 is 5.92. The Morgan fingerprint density at radius 1 is 0.969 bits per heavy atom. The molecule has 2 aromatic heterocycles. The first-order valence-electron chi connectivity index (χ1n) is 10.3. The van der Waals surface area contributed by atoms with Crippen LogP contribution in [0.1, 0.15) is 53.2 Å². The normalized spacial score (nSPS) is 12.5. The predicted octanol–water partition coefficient (Wildman–Crippen LogP) is 5.06. The van der Waals surface area contributed by atoms with Gasteiger partial charge in [0, 0.05) is 23.3 Å². The lowest BCUT2D eigenvalue weighted by molar-refractivity contribution is 0.0706. The highest BCUT2D eigenvalue weighted by Gasteiger charge is 2.29. The summed E-state index contributed by atoms with van der Waals surface area (Å²) in [5.74, 6) is -0.107. The van der Waals surface area contributed by atoms with Crippen LogP contribution < -0.4 is 10.8 Å². The van der Waals surface area contributed by atoms with Gasteiger partial charge >= 0.3 is 0 Å². The number of furan rings is 1. The molecule has 0 bridgehead atoms. The van der Waals surface area contributed by atoms with Crippen molar-refractivity contribution in [3.8, 4) is 11.3 Å². The molecular formula is C25H25N3O4. The molecule has 4 rings (SSSR count). The smallest absolute Gasteiger partial charge is 0.274 e. The molecule has 1 unspecified atom stereocenters. The number of rotatable bonds is 5. The van der Waals surface area contributed by atoms with Crippen LogP contribution in [0.15, 0.2) is 71.1 Å². The molecule has 7 heteroatoms. The number of fused-ring (bicyclic) bond motifs is 1. The minimum absolute atomic E-state index is 0.255. The van der Waals surface area contributed by atoms with Crippen LogP contribution in [0.25, 0.3) is 22.4 Å². The average molecular weight is 431 g/mol. The Kier molecular flexibility index (Phi) is 5.59. The Hall–Kier alpha value is -3.84. The molecule has 2 amide bonds. The van der Waals surface area contributed by atoms with Crippen molar-refractivity contribution in [1.82, 2.24) is 15.8 Å². The second kappa shape index (κ2) is 8.36. The molecule has 7 nitrogen and oxygen atoms in total. The molecule has 2 aromatic carbocycles. The van der Waals surface area contributed by atoms with Gasteiger partial charge in [0.1, 0.15) is 11.5 Å². The molecule has 0 spiro atoms. The van der Waals surface area contributed by atoms with Gasteiger partial charge in [0.05, 0.1) is 11.6 Å². The van der Waals surface area contributed by atoms with Crippen LogP contribution in [-0.2, 0) is 0 Å². The van der Waals surface area contributed by atoms with E-state index in [1.54, 1.807) is 35.8 Å². The molecule has 1 atom stereocenters. The van der Waals surface area contributed by atoms with Gasteiger partial charge in [-0.15, -0.1) is 0 Å². The zero-order valence-corrected chi connectivity index (χ0v) is 18.1. The maximum absolute atomic E-state index is 13.0. The third-order valence-corrected chi connectivity index (χ3v) is 5.36. The third-order valence-electron chi connectivity index (χ3n) is 5.36. The van der Waals surface area contributed by atoms with E-state index in [1.165, 1.54) is 0 Å². The molecule has 2 heterocycles. The molecule has 4 aromatic rings. The molecule has 0 fully saturated rings. The van der Waals surface area contributed by atoms with Gasteiger partial charge in [0.25, 0.3) is 11.8 Å². The Balaban J connectivity index is 1.56. The van der Waals surface area contributed by atoms with Crippen molar-refractivity contribution in [3.05, 3.63) is 83.6 Å². The molecule has 4 N–H and O–H groups in total. The second-order valence-corrected chi connectivity index (χ2v) is 8.77. The summed E-state index contributed by atoms with van der Waals surface area (Å²) in [5, 5.41) is 11.9. The highest BCUT2D eigenvalue weighted by Crippen LogP contribution is 2.34. The number of carbonyl (C=O) groups is 2.